The molecule has 1 aromatic heterocycles. The number of furan rings is 1. The molecule has 1 aliphatic rings. The smallest absolute Gasteiger partial charge is 0.255 e. The highest BCUT2D eigenvalue weighted by Crippen LogP contribution is 2.29. The fourth-order valence-corrected chi connectivity index (χ4v) is 3.90. The molecule has 0 atom stereocenters. The van der Waals surface area contributed by atoms with Crippen molar-refractivity contribution >= 4 is 11.8 Å². The summed E-state index contributed by atoms with van der Waals surface area (Å²) in [5, 5.41) is 3.06. The van der Waals surface area contributed by atoms with Crippen molar-refractivity contribution in [2.75, 3.05) is 13.1 Å². The second-order valence-electron chi connectivity index (χ2n) is 7.87. The Labute approximate surface area is 160 Å². The molecule has 1 aromatic carbocycles. The Morgan fingerprint density at radius 1 is 1.11 bits per heavy atom. The molecule has 2 amide bonds. The molecule has 2 aromatic rings. The maximum Gasteiger partial charge on any atom is 0.255 e. The summed E-state index contributed by atoms with van der Waals surface area (Å²) in [4.78, 5) is 27.4. The number of carbonyl (C=O) groups excluding carboxylic acids is 2. The monoisotopic (exact) mass is 368 g/mol. The van der Waals surface area contributed by atoms with E-state index in [1.165, 1.54) is 6.26 Å². The Bertz CT molecular complexity index is 830. The van der Waals surface area contributed by atoms with Crippen LogP contribution in [0.15, 0.2) is 41.0 Å². The van der Waals surface area contributed by atoms with Gasteiger partial charge in [-0.1, -0.05) is 24.3 Å². The van der Waals surface area contributed by atoms with Gasteiger partial charge in [0.2, 0.25) is 5.91 Å². The molecule has 1 saturated heterocycles. The summed E-state index contributed by atoms with van der Waals surface area (Å²) in [6.45, 7) is 9.13. The van der Waals surface area contributed by atoms with Crippen LogP contribution in [-0.4, -0.2) is 35.8 Å². The van der Waals surface area contributed by atoms with E-state index in [0.717, 1.165) is 24.0 Å². The SMILES string of the molecule is Cc1ccccc1C(C)(C)C(=O)N1CCC(NC(=O)c2ccoc2C)CC1. The first-order chi connectivity index (χ1) is 12.8. The van der Waals surface area contributed by atoms with Crippen molar-refractivity contribution in [1.82, 2.24) is 10.2 Å². The molecule has 0 spiro atoms. The standard InChI is InChI=1S/C22H28N2O3/c1-15-7-5-6-8-19(15)22(3,4)21(26)24-12-9-17(10-13-24)23-20(25)18-11-14-27-16(18)2/h5-8,11,14,17H,9-10,12-13H2,1-4H3,(H,23,25). The fraction of sp³-hybridized carbons (Fsp3) is 0.455. The molecule has 0 bridgehead atoms. The summed E-state index contributed by atoms with van der Waals surface area (Å²) in [5.41, 5.74) is 2.22. The van der Waals surface area contributed by atoms with E-state index in [9.17, 15) is 9.59 Å². The quantitative estimate of drug-likeness (QED) is 0.897. The van der Waals surface area contributed by atoms with Gasteiger partial charge in [-0.25, -0.2) is 0 Å². The van der Waals surface area contributed by atoms with Crippen LogP contribution in [0.1, 0.15) is 53.9 Å². The van der Waals surface area contributed by atoms with Crippen LogP contribution in [0.2, 0.25) is 0 Å². The summed E-state index contributed by atoms with van der Waals surface area (Å²) in [5.74, 6) is 0.665. The lowest BCUT2D eigenvalue weighted by molar-refractivity contribution is -0.137. The number of amides is 2. The van der Waals surface area contributed by atoms with Crippen LogP contribution in [0.25, 0.3) is 0 Å². The molecule has 3 rings (SSSR count). The maximum absolute atomic E-state index is 13.2. The van der Waals surface area contributed by atoms with E-state index in [-0.39, 0.29) is 17.9 Å². The molecule has 27 heavy (non-hydrogen) atoms. The number of nitrogens with zero attached hydrogens (tertiary/aromatic N) is 1. The van der Waals surface area contributed by atoms with Crippen LogP contribution in [0, 0.1) is 13.8 Å². The molecule has 1 N–H and O–H groups in total. The number of nitrogens with one attached hydrogen (secondary N) is 1. The largest absolute Gasteiger partial charge is 0.469 e. The van der Waals surface area contributed by atoms with Gasteiger partial charge in [0.15, 0.2) is 0 Å². The third kappa shape index (κ3) is 3.92. The van der Waals surface area contributed by atoms with Crippen LogP contribution in [0.5, 0.6) is 0 Å². The Hall–Kier alpha value is -2.56. The van der Waals surface area contributed by atoms with Crippen LogP contribution in [-0.2, 0) is 10.2 Å². The van der Waals surface area contributed by atoms with Crippen molar-refractivity contribution < 1.29 is 14.0 Å². The molecule has 144 valence electrons. The minimum absolute atomic E-state index is 0.0809. The first kappa shape index (κ1) is 19.2. The van der Waals surface area contributed by atoms with E-state index in [1.54, 1.807) is 13.0 Å². The van der Waals surface area contributed by atoms with Crippen LogP contribution in [0.3, 0.4) is 0 Å². The molecule has 0 saturated carbocycles. The van der Waals surface area contributed by atoms with Crippen molar-refractivity contribution in [2.24, 2.45) is 0 Å². The van der Waals surface area contributed by atoms with E-state index in [0.29, 0.717) is 24.4 Å². The lowest BCUT2D eigenvalue weighted by atomic mass is 9.80. The van der Waals surface area contributed by atoms with Gasteiger partial charge in [-0.15, -0.1) is 0 Å². The zero-order valence-electron chi connectivity index (χ0n) is 16.5. The normalized spacial score (nSPS) is 15.6. The van der Waals surface area contributed by atoms with Crippen molar-refractivity contribution in [3.05, 3.63) is 59.0 Å². The fourth-order valence-electron chi connectivity index (χ4n) is 3.90. The average Bonchev–Trinajstić information content (AvgIpc) is 3.08. The molecule has 5 heteroatoms. The van der Waals surface area contributed by atoms with Crippen molar-refractivity contribution in [3.8, 4) is 0 Å². The minimum atomic E-state index is -0.560. The minimum Gasteiger partial charge on any atom is -0.469 e. The number of carbonyl (C=O) groups is 2. The van der Waals surface area contributed by atoms with Gasteiger partial charge in [0.1, 0.15) is 5.76 Å². The Morgan fingerprint density at radius 3 is 2.37 bits per heavy atom. The molecule has 5 nitrogen and oxygen atoms in total. The van der Waals surface area contributed by atoms with Crippen molar-refractivity contribution in [1.29, 1.82) is 0 Å². The van der Waals surface area contributed by atoms with Gasteiger partial charge in [-0.05, 0) is 57.7 Å². The average molecular weight is 368 g/mol. The summed E-state index contributed by atoms with van der Waals surface area (Å²) in [7, 11) is 0. The molecular formula is C22H28N2O3. The number of hydrogen-bond acceptors (Lipinski definition) is 3. The van der Waals surface area contributed by atoms with E-state index < -0.39 is 5.41 Å². The molecule has 0 radical (unpaired) electrons. The molecule has 0 unspecified atom stereocenters. The second kappa shape index (κ2) is 7.59. The lowest BCUT2D eigenvalue weighted by Gasteiger charge is -2.37. The predicted molar refractivity (Wildman–Crippen MR) is 105 cm³/mol. The Balaban J connectivity index is 1.60. The first-order valence-electron chi connectivity index (χ1n) is 9.51. The highest BCUT2D eigenvalue weighted by Gasteiger charge is 2.36. The van der Waals surface area contributed by atoms with Gasteiger partial charge >= 0.3 is 0 Å². The van der Waals surface area contributed by atoms with Gasteiger partial charge in [0.05, 0.1) is 17.2 Å². The summed E-state index contributed by atoms with van der Waals surface area (Å²) in [6.07, 6.45) is 3.05. The van der Waals surface area contributed by atoms with Gasteiger partial charge in [-0.3, -0.25) is 9.59 Å². The predicted octanol–water partition coefficient (Wildman–Crippen LogP) is 3.60. The third-order valence-electron chi connectivity index (χ3n) is 5.57. The molecule has 1 fully saturated rings. The number of rotatable bonds is 4. The number of piperidine rings is 1. The molecular weight excluding hydrogens is 340 g/mol. The van der Waals surface area contributed by atoms with Gasteiger partial charge < -0.3 is 14.6 Å². The van der Waals surface area contributed by atoms with Gasteiger partial charge in [0, 0.05) is 19.1 Å². The highest BCUT2D eigenvalue weighted by molar-refractivity contribution is 5.95. The molecule has 1 aliphatic heterocycles. The van der Waals surface area contributed by atoms with Crippen LogP contribution < -0.4 is 5.32 Å². The molecule has 2 heterocycles. The topological polar surface area (TPSA) is 62.6 Å². The summed E-state index contributed by atoms with van der Waals surface area (Å²) >= 11 is 0. The zero-order valence-corrected chi connectivity index (χ0v) is 16.5. The van der Waals surface area contributed by atoms with Gasteiger partial charge in [0.25, 0.3) is 5.91 Å². The Kier molecular flexibility index (Phi) is 5.40. The van der Waals surface area contributed by atoms with Crippen LogP contribution >= 0.6 is 0 Å². The van der Waals surface area contributed by atoms with Gasteiger partial charge in [-0.2, -0.15) is 0 Å². The van der Waals surface area contributed by atoms with Crippen molar-refractivity contribution in [2.45, 2.75) is 52.0 Å². The lowest BCUT2D eigenvalue weighted by Crippen LogP contribution is -2.51. The van der Waals surface area contributed by atoms with E-state index in [2.05, 4.69) is 5.32 Å². The van der Waals surface area contributed by atoms with E-state index >= 15 is 0 Å². The number of aryl methyl sites for hydroxylation is 2. The van der Waals surface area contributed by atoms with E-state index in [4.69, 9.17) is 4.42 Å². The number of likely N-dealkylation sites (tertiary alicyclic amines) is 1. The maximum atomic E-state index is 13.2. The summed E-state index contributed by atoms with van der Waals surface area (Å²) in [6, 6.07) is 9.83. The highest BCUT2D eigenvalue weighted by atomic mass is 16.3. The van der Waals surface area contributed by atoms with Crippen molar-refractivity contribution in [3.63, 3.8) is 0 Å². The Morgan fingerprint density at radius 2 is 1.78 bits per heavy atom. The summed E-state index contributed by atoms with van der Waals surface area (Å²) < 4.78 is 5.20. The van der Waals surface area contributed by atoms with E-state index in [1.807, 2.05) is 49.9 Å². The molecule has 0 aliphatic carbocycles. The van der Waals surface area contributed by atoms with Crippen LogP contribution in [0.4, 0.5) is 0 Å². The zero-order chi connectivity index (χ0) is 19.6. The first-order valence-corrected chi connectivity index (χ1v) is 9.51. The number of benzene rings is 1. The third-order valence-corrected chi connectivity index (χ3v) is 5.57. The number of hydrogen-bond donors (Lipinski definition) is 1. The second-order valence-corrected chi connectivity index (χ2v) is 7.87.